The number of hydrogen-bond acceptors (Lipinski definition) is 7. The van der Waals surface area contributed by atoms with Crippen molar-refractivity contribution in [2.24, 2.45) is 5.14 Å². The standard InChI is InChI=1S/C29H25FN2O6S/c30-23-16-22(29(33)11-14-36-15-12-29)17-24(18-23)37-13-10-26(20-4-2-1-3-5-20)27-28(38-19-32-27)21-6-8-25(9-7-21)39(31,34)35/h1-9,16-19,26,33H,11-12,14-15H2,(H2,31,34,35). The summed E-state index contributed by atoms with van der Waals surface area (Å²) >= 11 is 0. The van der Waals surface area contributed by atoms with E-state index >= 15 is 0 Å². The van der Waals surface area contributed by atoms with Crippen LogP contribution in [0.25, 0.3) is 11.3 Å². The lowest BCUT2D eigenvalue weighted by Gasteiger charge is -2.32. The van der Waals surface area contributed by atoms with Gasteiger partial charge in [0.05, 0.1) is 16.4 Å². The second-order valence-electron chi connectivity index (χ2n) is 9.15. The van der Waals surface area contributed by atoms with Gasteiger partial charge in [-0.2, -0.15) is 0 Å². The molecular weight excluding hydrogens is 523 g/mol. The average Bonchev–Trinajstić information content (AvgIpc) is 3.41. The lowest BCUT2D eigenvalue weighted by molar-refractivity contribution is -0.0681. The predicted octanol–water partition coefficient (Wildman–Crippen LogP) is 4.30. The number of oxazole rings is 1. The summed E-state index contributed by atoms with van der Waals surface area (Å²) in [5.74, 6) is 2.46. The highest BCUT2D eigenvalue weighted by Gasteiger charge is 2.32. The Hall–Kier alpha value is -4.01. The summed E-state index contributed by atoms with van der Waals surface area (Å²) in [4.78, 5) is 4.36. The van der Waals surface area contributed by atoms with Crippen LogP contribution in [0.1, 0.15) is 35.6 Å². The highest BCUT2D eigenvalue weighted by molar-refractivity contribution is 7.89. The summed E-state index contributed by atoms with van der Waals surface area (Å²) in [5, 5.41) is 16.2. The van der Waals surface area contributed by atoms with Crippen LogP contribution in [0.15, 0.2) is 88.5 Å². The van der Waals surface area contributed by atoms with Crippen molar-refractivity contribution in [3.63, 3.8) is 0 Å². The monoisotopic (exact) mass is 548 g/mol. The van der Waals surface area contributed by atoms with Gasteiger partial charge in [0.15, 0.2) is 12.2 Å². The molecule has 1 atom stereocenters. The Morgan fingerprint density at radius 2 is 1.77 bits per heavy atom. The molecule has 0 saturated carbocycles. The minimum Gasteiger partial charge on any atom is -0.443 e. The molecule has 1 saturated heterocycles. The number of ether oxygens (including phenoxy) is 2. The first-order chi connectivity index (χ1) is 18.7. The van der Waals surface area contributed by atoms with Gasteiger partial charge in [-0.3, -0.25) is 0 Å². The molecule has 4 aromatic rings. The molecular formula is C29H25FN2O6S. The van der Waals surface area contributed by atoms with E-state index in [-0.39, 0.29) is 10.6 Å². The summed E-state index contributed by atoms with van der Waals surface area (Å²) in [6.45, 7) is 0.763. The smallest absolute Gasteiger partial charge is 0.238 e. The molecule has 200 valence electrons. The van der Waals surface area contributed by atoms with E-state index in [2.05, 4.69) is 17.0 Å². The lowest BCUT2D eigenvalue weighted by Crippen LogP contribution is -2.33. The molecule has 1 aliphatic rings. The van der Waals surface area contributed by atoms with Gasteiger partial charge in [0, 0.05) is 37.7 Å². The van der Waals surface area contributed by atoms with Crippen LogP contribution in [-0.2, 0) is 20.4 Å². The number of benzene rings is 3. The lowest BCUT2D eigenvalue weighted by atomic mass is 9.86. The number of halogens is 1. The van der Waals surface area contributed by atoms with Gasteiger partial charge in [-0.15, -0.1) is 0 Å². The summed E-state index contributed by atoms with van der Waals surface area (Å²) in [6, 6.07) is 19.3. The molecule has 1 unspecified atom stereocenters. The number of nitrogens with two attached hydrogens (primary N) is 1. The van der Waals surface area contributed by atoms with E-state index in [0.717, 1.165) is 5.56 Å². The molecule has 0 amide bonds. The highest BCUT2D eigenvalue weighted by Crippen LogP contribution is 2.35. The Morgan fingerprint density at radius 1 is 1.05 bits per heavy atom. The number of primary sulfonamides is 1. The molecule has 3 aromatic carbocycles. The largest absolute Gasteiger partial charge is 0.443 e. The molecule has 1 aromatic heterocycles. The van der Waals surface area contributed by atoms with Gasteiger partial charge in [-0.1, -0.05) is 30.3 Å². The van der Waals surface area contributed by atoms with Gasteiger partial charge in [-0.25, -0.2) is 22.9 Å². The van der Waals surface area contributed by atoms with Crippen molar-refractivity contribution in [3.05, 3.63) is 102 Å². The van der Waals surface area contributed by atoms with E-state index in [0.29, 0.717) is 48.6 Å². The van der Waals surface area contributed by atoms with Gasteiger partial charge in [0.25, 0.3) is 0 Å². The van der Waals surface area contributed by atoms with E-state index in [1.165, 1.54) is 30.7 Å². The van der Waals surface area contributed by atoms with Crippen molar-refractivity contribution < 1.29 is 31.8 Å². The number of hydrogen-bond donors (Lipinski definition) is 2. The molecule has 0 radical (unpaired) electrons. The Labute approximate surface area is 225 Å². The molecule has 0 aliphatic carbocycles. The number of rotatable bonds is 6. The third kappa shape index (κ3) is 6.02. The third-order valence-corrected chi connectivity index (χ3v) is 7.48. The average molecular weight is 549 g/mol. The molecule has 0 bridgehead atoms. The topological polar surface area (TPSA) is 125 Å². The fourth-order valence-corrected chi connectivity index (χ4v) is 4.98. The van der Waals surface area contributed by atoms with Crippen LogP contribution in [0.5, 0.6) is 5.75 Å². The van der Waals surface area contributed by atoms with Crippen molar-refractivity contribution in [1.29, 1.82) is 0 Å². The quantitative estimate of drug-likeness (QED) is 0.344. The van der Waals surface area contributed by atoms with E-state index in [4.69, 9.17) is 19.0 Å². The Bertz CT molecular complexity index is 1620. The fourth-order valence-electron chi connectivity index (χ4n) is 4.46. The van der Waals surface area contributed by atoms with Crippen LogP contribution in [-0.4, -0.2) is 31.7 Å². The van der Waals surface area contributed by atoms with Crippen molar-refractivity contribution in [3.8, 4) is 29.1 Å². The van der Waals surface area contributed by atoms with Gasteiger partial charge in [0.2, 0.25) is 10.0 Å². The summed E-state index contributed by atoms with van der Waals surface area (Å²) in [5.41, 5.74) is 1.08. The minimum absolute atomic E-state index is 0.0278. The maximum absolute atomic E-state index is 14.4. The molecule has 2 heterocycles. The number of aliphatic hydroxyl groups is 1. The Morgan fingerprint density at radius 3 is 2.46 bits per heavy atom. The molecule has 1 fully saturated rings. The van der Waals surface area contributed by atoms with Crippen LogP contribution < -0.4 is 9.88 Å². The van der Waals surface area contributed by atoms with Crippen LogP contribution >= 0.6 is 0 Å². The summed E-state index contributed by atoms with van der Waals surface area (Å²) < 4.78 is 54.3. The van der Waals surface area contributed by atoms with Crippen molar-refractivity contribution in [2.45, 2.75) is 29.3 Å². The Balaban J connectivity index is 1.47. The summed E-state index contributed by atoms with van der Waals surface area (Å²) in [6.07, 6.45) is 4.65. The summed E-state index contributed by atoms with van der Waals surface area (Å²) in [7, 11) is -3.85. The van der Waals surface area contributed by atoms with E-state index < -0.39 is 27.4 Å². The van der Waals surface area contributed by atoms with Crippen LogP contribution in [0.2, 0.25) is 0 Å². The van der Waals surface area contributed by atoms with Gasteiger partial charge < -0.3 is 19.0 Å². The van der Waals surface area contributed by atoms with Gasteiger partial charge in [-0.05, 0) is 53.4 Å². The predicted molar refractivity (Wildman–Crippen MR) is 140 cm³/mol. The number of sulfonamides is 1. The van der Waals surface area contributed by atoms with Crippen LogP contribution in [0, 0.1) is 17.8 Å². The first kappa shape index (κ1) is 26.6. The normalized spacial score (nSPS) is 15.7. The second-order valence-corrected chi connectivity index (χ2v) is 10.7. The maximum atomic E-state index is 14.4. The van der Waals surface area contributed by atoms with Crippen molar-refractivity contribution in [2.75, 3.05) is 13.2 Å². The van der Waals surface area contributed by atoms with Crippen LogP contribution in [0.3, 0.4) is 0 Å². The van der Waals surface area contributed by atoms with Gasteiger partial charge in [0.1, 0.15) is 23.4 Å². The highest BCUT2D eigenvalue weighted by atomic mass is 32.2. The Kier molecular flexibility index (Phi) is 7.50. The first-order valence-corrected chi connectivity index (χ1v) is 13.7. The number of nitrogens with zero attached hydrogens (tertiary/aromatic N) is 1. The third-order valence-electron chi connectivity index (χ3n) is 6.55. The maximum Gasteiger partial charge on any atom is 0.238 e. The van der Waals surface area contributed by atoms with Gasteiger partial charge >= 0.3 is 0 Å². The molecule has 39 heavy (non-hydrogen) atoms. The molecule has 10 heteroatoms. The minimum atomic E-state index is -3.85. The zero-order chi connectivity index (χ0) is 27.5. The molecule has 8 nitrogen and oxygen atoms in total. The van der Waals surface area contributed by atoms with Crippen molar-refractivity contribution >= 4 is 10.0 Å². The van der Waals surface area contributed by atoms with Crippen LogP contribution in [0.4, 0.5) is 4.39 Å². The number of aromatic nitrogens is 1. The molecule has 1 aliphatic heterocycles. The second kappa shape index (κ2) is 11.0. The van der Waals surface area contributed by atoms with Crippen molar-refractivity contribution in [1.82, 2.24) is 4.98 Å². The zero-order valence-corrected chi connectivity index (χ0v) is 21.5. The van der Waals surface area contributed by atoms with E-state index in [1.807, 2.05) is 30.3 Å². The zero-order valence-electron chi connectivity index (χ0n) is 20.7. The van der Waals surface area contributed by atoms with E-state index in [1.54, 1.807) is 18.2 Å². The molecule has 3 N–H and O–H groups in total. The molecule has 5 rings (SSSR count). The molecule has 0 spiro atoms. The SMILES string of the molecule is NS(=O)(=O)c1ccc(-c2ocnc2C(C#COc2cc(F)cc(C3(O)CCOCC3)c2)c2ccccc2)cc1. The fraction of sp³-hybridized carbons (Fsp3) is 0.207. The van der Waals surface area contributed by atoms with E-state index in [9.17, 15) is 17.9 Å². The first-order valence-electron chi connectivity index (χ1n) is 12.1.